The highest BCUT2D eigenvalue weighted by Crippen LogP contribution is 2.34. The minimum atomic E-state index is -0.399. The van der Waals surface area contributed by atoms with Crippen LogP contribution in [0.15, 0.2) is 53.6 Å². The van der Waals surface area contributed by atoms with Crippen LogP contribution in [-0.2, 0) is 4.79 Å². The first kappa shape index (κ1) is 19.8. The number of benzene rings is 2. The van der Waals surface area contributed by atoms with Gasteiger partial charge in [-0.1, -0.05) is 55.0 Å². The Kier molecular flexibility index (Phi) is 5.76. The molecule has 0 N–H and O–H groups in total. The summed E-state index contributed by atoms with van der Waals surface area (Å²) in [5.74, 6) is 0.364. The molecule has 2 aromatic carbocycles. The lowest BCUT2D eigenvalue weighted by Crippen LogP contribution is -2.41. The van der Waals surface area contributed by atoms with E-state index in [0.29, 0.717) is 24.4 Å². The maximum atomic E-state index is 14.6. The minimum Gasteiger partial charge on any atom is -0.294 e. The van der Waals surface area contributed by atoms with Crippen LogP contribution in [0, 0.1) is 18.7 Å². The number of carbonyl (C=O) groups is 1. The first-order chi connectivity index (χ1) is 14.0. The molecule has 1 saturated heterocycles. The Morgan fingerprint density at radius 1 is 1.10 bits per heavy atom. The van der Waals surface area contributed by atoms with Crippen LogP contribution in [0.5, 0.6) is 0 Å². The molecule has 0 aliphatic carbocycles. The van der Waals surface area contributed by atoms with E-state index in [0.717, 1.165) is 37.2 Å². The Bertz CT molecular complexity index is 901. The summed E-state index contributed by atoms with van der Waals surface area (Å²) < 4.78 is 14.6. The highest BCUT2D eigenvalue weighted by molar-refractivity contribution is 6.03. The van der Waals surface area contributed by atoms with Crippen LogP contribution < -0.4 is 0 Å². The van der Waals surface area contributed by atoms with Crippen molar-refractivity contribution < 1.29 is 9.18 Å². The lowest BCUT2D eigenvalue weighted by atomic mass is 9.97. The van der Waals surface area contributed by atoms with Crippen molar-refractivity contribution in [3.63, 3.8) is 0 Å². The SMILES string of the molecule is Cc1ccc(C2=NN(C(=O)CN3CCC(C)CC3)C(c3ccccc3F)C2)cc1. The van der Waals surface area contributed by atoms with Gasteiger partial charge in [-0.25, -0.2) is 9.40 Å². The van der Waals surface area contributed by atoms with Crippen molar-refractivity contribution in [3.05, 3.63) is 71.0 Å². The molecule has 0 aromatic heterocycles. The molecule has 1 unspecified atom stereocenters. The van der Waals surface area contributed by atoms with Crippen molar-refractivity contribution in [2.75, 3.05) is 19.6 Å². The molecule has 1 fully saturated rings. The highest BCUT2D eigenvalue weighted by Gasteiger charge is 2.35. The van der Waals surface area contributed by atoms with Crippen molar-refractivity contribution in [3.8, 4) is 0 Å². The summed E-state index contributed by atoms with van der Waals surface area (Å²) in [5.41, 5.74) is 3.52. The van der Waals surface area contributed by atoms with Gasteiger partial charge in [-0.3, -0.25) is 9.69 Å². The molecule has 2 heterocycles. The summed E-state index contributed by atoms with van der Waals surface area (Å²) in [7, 11) is 0. The average Bonchev–Trinajstić information content (AvgIpc) is 3.16. The molecule has 2 aliphatic rings. The number of hydrazone groups is 1. The second-order valence-corrected chi connectivity index (χ2v) is 8.35. The number of likely N-dealkylation sites (tertiary alicyclic amines) is 1. The topological polar surface area (TPSA) is 35.9 Å². The molecule has 1 atom stereocenters. The summed E-state index contributed by atoms with van der Waals surface area (Å²) >= 11 is 0. The summed E-state index contributed by atoms with van der Waals surface area (Å²) in [5, 5.41) is 6.19. The number of amides is 1. The Labute approximate surface area is 172 Å². The monoisotopic (exact) mass is 393 g/mol. The Morgan fingerprint density at radius 3 is 2.48 bits per heavy atom. The first-order valence-corrected chi connectivity index (χ1v) is 10.4. The number of carbonyl (C=O) groups excluding carboxylic acids is 1. The molecule has 0 saturated carbocycles. The first-order valence-electron chi connectivity index (χ1n) is 10.4. The van der Waals surface area contributed by atoms with Gasteiger partial charge in [0, 0.05) is 12.0 Å². The fourth-order valence-electron chi connectivity index (χ4n) is 4.13. The summed E-state index contributed by atoms with van der Waals surface area (Å²) in [6, 6.07) is 14.4. The van der Waals surface area contributed by atoms with E-state index in [4.69, 9.17) is 0 Å². The number of rotatable bonds is 4. The number of halogens is 1. The minimum absolute atomic E-state index is 0.0603. The van der Waals surface area contributed by atoms with E-state index in [-0.39, 0.29) is 11.7 Å². The summed E-state index contributed by atoms with van der Waals surface area (Å²) in [6.45, 7) is 6.49. The number of nitrogens with zero attached hydrogens (tertiary/aromatic N) is 3. The molecule has 4 rings (SSSR count). The Hall–Kier alpha value is -2.53. The molecule has 0 bridgehead atoms. The van der Waals surface area contributed by atoms with E-state index in [1.165, 1.54) is 16.6 Å². The molecule has 0 radical (unpaired) electrons. The zero-order valence-corrected chi connectivity index (χ0v) is 17.1. The van der Waals surface area contributed by atoms with Gasteiger partial charge in [0.1, 0.15) is 5.82 Å². The molecule has 5 heteroatoms. The quantitative estimate of drug-likeness (QED) is 0.764. The lowest BCUT2D eigenvalue weighted by Gasteiger charge is -2.31. The van der Waals surface area contributed by atoms with Gasteiger partial charge in [0.15, 0.2) is 0 Å². The van der Waals surface area contributed by atoms with Crippen molar-refractivity contribution in [2.24, 2.45) is 11.0 Å². The van der Waals surface area contributed by atoms with E-state index < -0.39 is 6.04 Å². The van der Waals surface area contributed by atoms with Gasteiger partial charge in [-0.05, 0) is 50.4 Å². The van der Waals surface area contributed by atoms with Crippen molar-refractivity contribution in [2.45, 2.75) is 39.2 Å². The van der Waals surface area contributed by atoms with Crippen LogP contribution in [0.4, 0.5) is 4.39 Å². The zero-order valence-electron chi connectivity index (χ0n) is 17.1. The van der Waals surface area contributed by atoms with Crippen molar-refractivity contribution >= 4 is 11.6 Å². The van der Waals surface area contributed by atoms with Gasteiger partial charge in [0.2, 0.25) is 0 Å². The van der Waals surface area contributed by atoms with E-state index in [2.05, 4.69) is 16.9 Å². The molecule has 1 amide bonds. The number of aryl methyl sites for hydroxylation is 1. The normalized spacial score (nSPS) is 20.7. The molecule has 2 aromatic rings. The van der Waals surface area contributed by atoms with Gasteiger partial charge in [0.25, 0.3) is 5.91 Å². The van der Waals surface area contributed by atoms with Crippen molar-refractivity contribution in [1.82, 2.24) is 9.91 Å². The van der Waals surface area contributed by atoms with Gasteiger partial charge in [0.05, 0.1) is 18.3 Å². The van der Waals surface area contributed by atoms with Gasteiger partial charge < -0.3 is 0 Å². The van der Waals surface area contributed by atoms with E-state index >= 15 is 0 Å². The standard InChI is InChI=1S/C24H28FN3O/c1-17-7-9-19(10-8-17)22-15-23(20-5-3-4-6-21(20)25)28(26-22)24(29)16-27-13-11-18(2)12-14-27/h3-10,18,23H,11-16H2,1-2H3. The third kappa shape index (κ3) is 4.40. The van der Waals surface area contributed by atoms with E-state index in [9.17, 15) is 9.18 Å². The molecule has 4 nitrogen and oxygen atoms in total. The third-order valence-electron chi connectivity index (χ3n) is 6.05. The van der Waals surface area contributed by atoms with Crippen LogP contribution in [0.3, 0.4) is 0 Å². The second kappa shape index (κ2) is 8.46. The number of hydrogen-bond acceptors (Lipinski definition) is 3. The smallest absolute Gasteiger partial charge is 0.257 e. The molecule has 29 heavy (non-hydrogen) atoms. The number of hydrogen-bond donors (Lipinski definition) is 0. The highest BCUT2D eigenvalue weighted by atomic mass is 19.1. The molecular formula is C24H28FN3O. The van der Waals surface area contributed by atoms with Crippen LogP contribution in [0.25, 0.3) is 0 Å². The predicted octanol–water partition coefficient (Wildman–Crippen LogP) is 4.54. The van der Waals surface area contributed by atoms with E-state index in [1.807, 2.05) is 37.3 Å². The second-order valence-electron chi connectivity index (χ2n) is 8.35. The van der Waals surface area contributed by atoms with E-state index in [1.54, 1.807) is 12.1 Å². The van der Waals surface area contributed by atoms with Crippen molar-refractivity contribution in [1.29, 1.82) is 0 Å². The average molecular weight is 394 g/mol. The third-order valence-corrected chi connectivity index (χ3v) is 6.05. The summed E-state index contributed by atoms with van der Waals surface area (Å²) in [4.78, 5) is 15.4. The fourth-order valence-corrected chi connectivity index (χ4v) is 4.13. The zero-order chi connectivity index (χ0) is 20.4. The summed E-state index contributed by atoms with van der Waals surface area (Å²) in [6.07, 6.45) is 2.75. The largest absolute Gasteiger partial charge is 0.294 e. The van der Waals surface area contributed by atoms with Gasteiger partial charge in [-0.15, -0.1) is 0 Å². The van der Waals surface area contributed by atoms with Crippen LogP contribution >= 0.6 is 0 Å². The molecule has 152 valence electrons. The maximum Gasteiger partial charge on any atom is 0.257 e. The lowest BCUT2D eigenvalue weighted by molar-refractivity contribution is -0.134. The molecular weight excluding hydrogens is 365 g/mol. The van der Waals surface area contributed by atoms with Crippen LogP contribution in [0.1, 0.15) is 48.9 Å². The Balaban J connectivity index is 1.59. The van der Waals surface area contributed by atoms with Gasteiger partial charge in [-0.2, -0.15) is 5.10 Å². The van der Waals surface area contributed by atoms with Crippen LogP contribution in [0.2, 0.25) is 0 Å². The predicted molar refractivity (Wildman–Crippen MR) is 113 cm³/mol. The van der Waals surface area contributed by atoms with Crippen LogP contribution in [-0.4, -0.2) is 41.2 Å². The number of piperidine rings is 1. The fraction of sp³-hybridized carbons (Fsp3) is 0.417. The molecule has 0 spiro atoms. The maximum absolute atomic E-state index is 14.6. The molecule has 2 aliphatic heterocycles. The van der Waals surface area contributed by atoms with Gasteiger partial charge >= 0.3 is 0 Å². The Morgan fingerprint density at radius 2 is 1.79 bits per heavy atom.